The number of aliphatic hydroxyl groups is 1. The summed E-state index contributed by atoms with van der Waals surface area (Å²) in [6.45, 7) is 35.4. The van der Waals surface area contributed by atoms with E-state index in [4.69, 9.17) is 27.5 Å². The van der Waals surface area contributed by atoms with Crippen LogP contribution in [0.25, 0.3) is 0 Å². The maximum absolute atomic E-state index is 14.1. The van der Waals surface area contributed by atoms with Crippen LogP contribution in [0.3, 0.4) is 0 Å². The van der Waals surface area contributed by atoms with E-state index in [9.17, 15) is 14.7 Å². The number of carbonyl (C=O) groups is 2. The maximum atomic E-state index is 14.1. The molecule has 0 unspecified atom stereocenters. The van der Waals surface area contributed by atoms with Gasteiger partial charge in [0, 0.05) is 50.5 Å². The number of esters is 1. The van der Waals surface area contributed by atoms with Gasteiger partial charge < -0.3 is 42.4 Å². The highest BCUT2D eigenvalue weighted by molar-refractivity contribution is 6.74. The molecule has 2 fully saturated rings. The van der Waals surface area contributed by atoms with Crippen LogP contribution in [0.2, 0.25) is 54.4 Å². The SMILES string of the molecule is CC[C@H](O[Si](CC)(CC)CC)[C@@H](C)[C@H]1O[C@@H]1C[C@](C)(/C=C/C=C(\C)[C@H]1OC(=O)C[C@H](O[Si](CC)(CC)CC)CC[C@@](C)(O)[C@@H](OC(=O)N2CCN(C)CC2)/C=C/[C@@H]1C)O[Si](CC)(CC)CC. The molecule has 0 bridgehead atoms. The first-order valence-corrected chi connectivity index (χ1v) is 34.1. The molecule has 0 aromatic heterocycles. The molecule has 1 amide bonds. The molecule has 2 saturated heterocycles. The lowest BCUT2D eigenvalue weighted by Gasteiger charge is -2.39. The third kappa shape index (κ3) is 16.2. The van der Waals surface area contributed by atoms with Crippen LogP contribution in [0.4, 0.5) is 4.79 Å². The zero-order valence-corrected chi connectivity index (χ0v) is 47.8. The van der Waals surface area contributed by atoms with Crippen LogP contribution < -0.4 is 0 Å². The van der Waals surface area contributed by atoms with Crippen molar-refractivity contribution in [1.29, 1.82) is 0 Å². The molecule has 0 aliphatic carbocycles. The number of hydrogen-bond donors (Lipinski definition) is 1. The molecule has 0 aromatic carbocycles. The second-order valence-corrected chi connectivity index (χ2v) is 34.9. The molecule has 3 heterocycles. The minimum absolute atomic E-state index is 0.0774. The van der Waals surface area contributed by atoms with Crippen LogP contribution in [0, 0.1) is 11.8 Å². The fraction of sp³-hybridized carbons (Fsp3) is 0.846. The Morgan fingerprint density at radius 1 is 0.909 bits per heavy atom. The average molecular weight is 980 g/mol. The van der Waals surface area contributed by atoms with Gasteiger partial charge >= 0.3 is 12.1 Å². The Kier molecular flexibility index (Phi) is 23.6. The molecule has 0 spiro atoms. The van der Waals surface area contributed by atoms with Gasteiger partial charge in [-0.3, -0.25) is 4.79 Å². The van der Waals surface area contributed by atoms with E-state index in [0.717, 1.165) is 85.9 Å². The molecular formula is C52H98N2O9Si3. The molecule has 382 valence electrons. The summed E-state index contributed by atoms with van der Waals surface area (Å²) in [7, 11) is -3.92. The first kappa shape index (κ1) is 58.7. The highest BCUT2D eigenvalue weighted by atomic mass is 28.4. The predicted octanol–water partition coefficient (Wildman–Crippen LogP) is 12.0. The van der Waals surface area contributed by atoms with Crippen LogP contribution in [-0.4, -0.2) is 133 Å². The smallest absolute Gasteiger partial charge is 0.410 e. The summed E-state index contributed by atoms with van der Waals surface area (Å²) in [6, 6.07) is 9.33. The second-order valence-electron chi connectivity index (χ2n) is 20.8. The molecule has 66 heavy (non-hydrogen) atoms. The van der Waals surface area contributed by atoms with Crippen LogP contribution in [0.5, 0.6) is 0 Å². The zero-order chi connectivity index (χ0) is 49.5. The summed E-state index contributed by atoms with van der Waals surface area (Å²) in [6.07, 6.45) is 10.6. The van der Waals surface area contributed by atoms with Gasteiger partial charge in [0.05, 0.1) is 30.3 Å². The molecule has 3 aliphatic heterocycles. The summed E-state index contributed by atoms with van der Waals surface area (Å²) in [5.41, 5.74) is -1.09. The Hall–Kier alpha value is -1.63. The Labute approximate surface area is 406 Å². The summed E-state index contributed by atoms with van der Waals surface area (Å²) in [4.78, 5) is 31.6. The highest BCUT2D eigenvalue weighted by Gasteiger charge is 2.51. The number of cyclic esters (lactones) is 1. The molecule has 11 nitrogen and oxygen atoms in total. The molecule has 0 aromatic rings. The van der Waals surface area contributed by atoms with Gasteiger partial charge in [-0.25, -0.2) is 4.79 Å². The number of ether oxygens (including phenoxy) is 3. The number of amides is 1. The van der Waals surface area contributed by atoms with Crippen molar-refractivity contribution in [2.24, 2.45) is 11.8 Å². The first-order chi connectivity index (χ1) is 31.1. The van der Waals surface area contributed by atoms with Gasteiger partial charge in [0.25, 0.3) is 0 Å². The lowest BCUT2D eigenvalue weighted by molar-refractivity contribution is -0.151. The number of nitrogens with zero attached hydrogens (tertiary/aromatic N) is 2. The van der Waals surface area contributed by atoms with Crippen molar-refractivity contribution in [3.63, 3.8) is 0 Å². The predicted molar refractivity (Wildman–Crippen MR) is 278 cm³/mol. The fourth-order valence-corrected chi connectivity index (χ4v) is 19.5. The van der Waals surface area contributed by atoms with Crippen LogP contribution >= 0.6 is 0 Å². The minimum Gasteiger partial charge on any atom is -0.457 e. The Morgan fingerprint density at radius 3 is 2.00 bits per heavy atom. The van der Waals surface area contributed by atoms with Gasteiger partial charge in [-0.15, -0.1) is 0 Å². The number of epoxide rings is 1. The topological polar surface area (TPSA) is 120 Å². The summed E-state index contributed by atoms with van der Waals surface area (Å²) in [5, 5.41) is 12.1. The molecular weight excluding hydrogens is 881 g/mol. The van der Waals surface area contributed by atoms with Crippen molar-refractivity contribution >= 4 is 37.0 Å². The third-order valence-corrected chi connectivity index (χ3v) is 30.5. The Morgan fingerprint density at radius 2 is 1.47 bits per heavy atom. The number of likely N-dealkylation sites (N-methyl/N-ethyl adjacent to an activating group) is 1. The van der Waals surface area contributed by atoms with Crippen LogP contribution in [-0.2, 0) is 32.3 Å². The van der Waals surface area contributed by atoms with Crippen molar-refractivity contribution in [1.82, 2.24) is 9.80 Å². The van der Waals surface area contributed by atoms with E-state index in [1.807, 2.05) is 27.0 Å². The van der Waals surface area contributed by atoms with E-state index >= 15 is 0 Å². The van der Waals surface area contributed by atoms with Gasteiger partial charge in [0.15, 0.2) is 31.1 Å². The van der Waals surface area contributed by atoms with Crippen molar-refractivity contribution < 1.29 is 42.2 Å². The van der Waals surface area contributed by atoms with E-state index in [1.54, 1.807) is 17.9 Å². The maximum Gasteiger partial charge on any atom is 0.410 e. The average Bonchev–Trinajstić information content (AvgIpc) is 4.08. The van der Waals surface area contributed by atoms with Crippen molar-refractivity contribution in [2.45, 2.75) is 238 Å². The van der Waals surface area contributed by atoms with Crippen molar-refractivity contribution in [3.05, 3.63) is 36.0 Å². The number of carbonyl (C=O) groups excluding carboxylic acids is 2. The number of piperazine rings is 1. The quantitative estimate of drug-likeness (QED) is 0.0329. The first-order valence-electron chi connectivity index (χ1n) is 26.5. The van der Waals surface area contributed by atoms with Crippen LogP contribution in [0.1, 0.15) is 136 Å². The fourth-order valence-electron chi connectivity index (χ4n) is 10.4. The van der Waals surface area contributed by atoms with E-state index in [-0.39, 0.29) is 49.0 Å². The summed E-state index contributed by atoms with van der Waals surface area (Å²) < 4.78 is 40.5. The van der Waals surface area contributed by atoms with E-state index in [1.165, 1.54) is 0 Å². The normalized spacial score (nSPS) is 29.1. The monoisotopic (exact) mass is 979 g/mol. The molecule has 10 atom stereocenters. The largest absolute Gasteiger partial charge is 0.457 e. The molecule has 0 radical (unpaired) electrons. The minimum atomic E-state index is -2.14. The van der Waals surface area contributed by atoms with E-state index in [0.29, 0.717) is 19.5 Å². The molecule has 1 N–H and O–H groups in total. The summed E-state index contributed by atoms with van der Waals surface area (Å²) >= 11 is 0. The lowest BCUT2D eigenvalue weighted by Crippen LogP contribution is -2.50. The zero-order valence-electron chi connectivity index (χ0n) is 44.8. The third-order valence-electron chi connectivity index (χ3n) is 16.4. The van der Waals surface area contributed by atoms with E-state index < -0.39 is 60.6 Å². The van der Waals surface area contributed by atoms with Gasteiger partial charge in [-0.2, -0.15) is 0 Å². The highest BCUT2D eigenvalue weighted by Crippen LogP contribution is 2.43. The molecule has 3 rings (SSSR count). The summed E-state index contributed by atoms with van der Waals surface area (Å²) in [5.74, 6) is -0.334. The molecule has 0 saturated carbocycles. The Balaban J connectivity index is 2.00. The van der Waals surface area contributed by atoms with E-state index in [2.05, 4.69) is 106 Å². The van der Waals surface area contributed by atoms with Gasteiger partial charge in [0.2, 0.25) is 0 Å². The second kappa shape index (κ2) is 26.5. The van der Waals surface area contributed by atoms with Crippen molar-refractivity contribution in [2.75, 3.05) is 33.2 Å². The molecule has 3 aliphatic rings. The van der Waals surface area contributed by atoms with Gasteiger partial charge in [0.1, 0.15) is 11.7 Å². The number of rotatable bonds is 24. The van der Waals surface area contributed by atoms with Gasteiger partial charge in [-0.1, -0.05) is 107 Å². The Bertz CT molecular complexity index is 1550. The molecule has 14 heteroatoms. The number of allylic oxidation sites excluding steroid dienone is 2. The van der Waals surface area contributed by atoms with Crippen LogP contribution in [0.15, 0.2) is 36.0 Å². The number of hydrogen-bond acceptors (Lipinski definition) is 10. The standard InChI is InChI=1S/C52H98N2O9Si3/c1-17-44(62-65(21-5,22-6)23-7)42(13)49-45(58-49)39-51(14,63-66(24-8,25-9)26-10)32-27-28-40(11)48-41(12)29-30-46(59-50(56)54-36-34-53(16)35-37-54)52(15,57)33-31-43(38-47(55)60-48)61-64(18-2,19-3)20-4/h27-30,32,41-46,48-49,57H,17-26,31,33-39H2,1-16H3/b30-29+,32-27+,40-28+/t41-,42+,43+,44-,45+,46-,48+,49+,51-,52+/m0/s1. The van der Waals surface area contributed by atoms with Gasteiger partial charge in [-0.05, 0) is 113 Å². The van der Waals surface area contributed by atoms with Crippen molar-refractivity contribution in [3.8, 4) is 0 Å². The lowest BCUT2D eigenvalue weighted by atomic mass is 9.88.